The van der Waals surface area contributed by atoms with E-state index in [9.17, 15) is 0 Å². The molecule has 0 N–H and O–H groups in total. The number of benzene rings is 8. The van der Waals surface area contributed by atoms with Gasteiger partial charge in [-0.2, -0.15) is 0 Å². The monoisotopic (exact) mass is 703 g/mol. The van der Waals surface area contributed by atoms with Crippen molar-refractivity contribution >= 4 is 21.9 Å². The Balaban J connectivity index is 1.02. The van der Waals surface area contributed by atoms with Gasteiger partial charge in [0.1, 0.15) is 11.2 Å². The number of hydrogen-bond donors (Lipinski definition) is 0. The zero-order valence-electron chi connectivity index (χ0n) is 29.8. The predicted molar refractivity (Wildman–Crippen MR) is 225 cm³/mol. The number of fused-ring (bicyclic) bond motifs is 3. The van der Waals surface area contributed by atoms with E-state index in [2.05, 4.69) is 133 Å². The van der Waals surface area contributed by atoms with Crippen LogP contribution in [0.25, 0.3) is 101 Å². The Morgan fingerprint density at radius 3 is 1.22 bits per heavy atom. The molecule has 0 spiro atoms. The zero-order chi connectivity index (χ0) is 36.6. The Morgan fingerprint density at radius 2 is 0.673 bits per heavy atom. The first kappa shape index (κ1) is 32.2. The topological polar surface area (TPSA) is 51.8 Å². The molecule has 55 heavy (non-hydrogen) atoms. The van der Waals surface area contributed by atoms with E-state index in [1.807, 2.05) is 66.7 Å². The van der Waals surface area contributed by atoms with E-state index in [0.29, 0.717) is 17.5 Å². The number of hydrogen-bond acceptors (Lipinski definition) is 4. The normalized spacial score (nSPS) is 11.3. The Morgan fingerprint density at radius 1 is 0.273 bits per heavy atom. The van der Waals surface area contributed by atoms with E-state index in [1.165, 1.54) is 22.3 Å². The van der Waals surface area contributed by atoms with E-state index in [-0.39, 0.29) is 0 Å². The van der Waals surface area contributed by atoms with Crippen LogP contribution in [0.2, 0.25) is 0 Å². The van der Waals surface area contributed by atoms with E-state index in [1.54, 1.807) is 0 Å². The van der Waals surface area contributed by atoms with Gasteiger partial charge in [-0.3, -0.25) is 0 Å². The lowest BCUT2D eigenvalue weighted by molar-refractivity contribution is 0.669. The summed E-state index contributed by atoms with van der Waals surface area (Å²) in [5, 5.41) is 2.18. The molecule has 0 saturated heterocycles. The smallest absolute Gasteiger partial charge is 0.164 e. The van der Waals surface area contributed by atoms with Crippen molar-refractivity contribution in [2.45, 2.75) is 0 Å². The summed E-state index contributed by atoms with van der Waals surface area (Å²) < 4.78 is 6.43. The zero-order valence-corrected chi connectivity index (χ0v) is 29.8. The molecule has 10 rings (SSSR count). The number of rotatable bonds is 7. The van der Waals surface area contributed by atoms with Crippen molar-refractivity contribution in [3.63, 3.8) is 0 Å². The first-order valence-electron chi connectivity index (χ1n) is 18.4. The Kier molecular flexibility index (Phi) is 8.12. The molecular weight excluding hydrogens is 671 g/mol. The van der Waals surface area contributed by atoms with E-state index < -0.39 is 0 Å². The molecule has 0 unspecified atom stereocenters. The highest BCUT2D eigenvalue weighted by atomic mass is 16.3. The van der Waals surface area contributed by atoms with E-state index in [0.717, 1.165) is 60.9 Å². The second-order valence-corrected chi connectivity index (χ2v) is 13.6. The van der Waals surface area contributed by atoms with Crippen LogP contribution in [0.3, 0.4) is 0 Å². The average Bonchev–Trinajstić information content (AvgIpc) is 3.66. The van der Waals surface area contributed by atoms with Crippen LogP contribution in [-0.4, -0.2) is 15.0 Å². The largest absolute Gasteiger partial charge is 0.456 e. The maximum Gasteiger partial charge on any atom is 0.164 e. The fourth-order valence-electron chi connectivity index (χ4n) is 7.37. The number of aromatic nitrogens is 3. The minimum absolute atomic E-state index is 0.630. The number of furan rings is 1. The van der Waals surface area contributed by atoms with Crippen molar-refractivity contribution in [3.05, 3.63) is 200 Å². The van der Waals surface area contributed by atoms with Gasteiger partial charge >= 0.3 is 0 Å². The molecule has 4 nitrogen and oxygen atoms in total. The van der Waals surface area contributed by atoms with Crippen molar-refractivity contribution in [2.75, 3.05) is 0 Å². The van der Waals surface area contributed by atoms with Crippen molar-refractivity contribution in [2.24, 2.45) is 0 Å². The maximum atomic E-state index is 6.43. The molecule has 0 aliphatic heterocycles. The van der Waals surface area contributed by atoms with Crippen LogP contribution in [0.15, 0.2) is 205 Å². The van der Waals surface area contributed by atoms with Gasteiger partial charge in [-0.05, 0) is 74.8 Å². The standard InChI is InChI=1S/C51H33N3O/c1-4-13-34(14-5-1)39-19-10-20-40(31-39)41-21-11-22-42(32-41)43-29-30-46-45(33-43)48-44(23-12-24-47(48)55-46)35-25-27-38(28-26-35)51-53-49(36-15-6-2-7-16-36)52-50(54-51)37-17-8-3-9-18-37/h1-33H. The molecule has 2 heterocycles. The highest BCUT2D eigenvalue weighted by Crippen LogP contribution is 2.39. The molecule has 258 valence electrons. The molecule has 0 aliphatic carbocycles. The van der Waals surface area contributed by atoms with Gasteiger partial charge in [-0.25, -0.2) is 15.0 Å². The molecule has 8 aromatic carbocycles. The summed E-state index contributed by atoms with van der Waals surface area (Å²) in [6, 6.07) is 69.5. The van der Waals surface area contributed by atoms with Gasteiger partial charge in [-0.1, -0.05) is 170 Å². The van der Waals surface area contributed by atoms with Crippen molar-refractivity contribution in [3.8, 4) is 78.7 Å². The van der Waals surface area contributed by atoms with Gasteiger partial charge < -0.3 is 4.42 Å². The lowest BCUT2D eigenvalue weighted by Gasteiger charge is -2.10. The quantitative estimate of drug-likeness (QED) is 0.166. The first-order valence-corrected chi connectivity index (χ1v) is 18.4. The summed E-state index contributed by atoms with van der Waals surface area (Å²) in [7, 11) is 0. The van der Waals surface area contributed by atoms with Gasteiger partial charge in [0.15, 0.2) is 17.5 Å². The minimum atomic E-state index is 0.630. The first-order chi connectivity index (χ1) is 27.2. The molecule has 0 aliphatic rings. The molecule has 0 bridgehead atoms. The molecule has 2 aromatic heterocycles. The molecule has 4 heteroatoms. The van der Waals surface area contributed by atoms with Gasteiger partial charge in [0.2, 0.25) is 0 Å². The van der Waals surface area contributed by atoms with Crippen LogP contribution >= 0.6 is 0 Å². The summed E-state index contributed by atoms with van der Waals surface area (Å²) >= 11 is 0. The summed E-state index contributed by atoms with van der Waals surface area (Å²) in [6.45, 7) is 0. The Bertz CT molecular complexity index is 2900. The van der Waals surface area contributed by atoms with Gasteiger partial charge in [0.05, 0.1) is 0 Å². The summed E-state index contributed by atoms with van der Waals surface area (Å²) in [4.78, 5) is 14.7. The van der Waals surface area contributed by atoms with Gasteiger partial charge in [-0.15, -0.1) is 0 Å². The lowest BCUT2D eigenvalue weighted by Crippen LogP contribution is -2.00. The second kappa shape index (κ2) is 13.8. The van der Waals surface area contributed by atoms with Crippen LogP contribution in [0, 0.1) is 0 Å². The van der Waals surface area contributed by atoms with Crippen LogP contribution in [0.4, 0.5) is 0 Å². The third-order valence-electron chi connectivity index (χ3n) is 10.1. The second-order valence-electron chi connectivity index (χ2n) is 13.6. The molecule has 0 radical (unpaired) electrons. The molecular formula is C51H33N3O. The van der Waals surface area contributed by atoms with Gasteiger partial charge in [0, 0.05) is 27.5 Å². The highest BCUT2D eigenvalue weighted by Gasteiger charge is 2.16. The highest BCUT2D eigenvalue weighted by molar-refractivity contribution is 6.13. The van der Waals surface area contributed by atoms with Crippen LogP contribution in [-0.2, 0) is 0 Å². The number of nitrogens with zero attached hydrogens (tertiary/aromatic N) is 3. The Hall–Kier alpha value is -7.43. The molecule has 0 fully saturated rings. The van der Waals surface area contributed by atoms with Crippen molar-refractivity contribution in [1.82, 2.24) is 15.0 Å². The lowest BCUT2D eigenvalue weighted by atomic mass is 9.94. The third kappa shape index (κ3) is 6.26. The molecule has 0 saturated carbocycles. The van der Waals surface area contributed by atoms with Crippen LogP contribution in [0.1, 0.15) is 0 Å². The van der Waals surface area contributed by atoms with E-state index >= 15 is 0 Å². The van der Waals surface area contributed by atoms with Gasteiger partial charge in [0.25, 0.3) is 0 Å². The summed E-state index contributed by atoms with van der Waals surface area (Å²) in [5.41, 5.74) is 13.8. The summed E-state index contributed by atoms with van der Waals surface area (Å²) in [5.74, 6) is 1.92. The third-order valence-corrected chi connectivity index (χ3v) is 10.1. The summed E-state index contributed by atoms with van der Waals surface area (Å²) in [6.07, 6.45) is 0. The predicted octanol–water partition coefficient (Wildman–Crippen LogP) is 13.4. The average molecular weight is 704 g/mol. The fraction of sp³-hybridized carbons (Fsp3) is 0. The van der Waals surface area contributed by atoms with Crippen molar-refractivity contribution < 1.29 is 4.42 Å². The molecule has 0 atom stereocenters. The molecule has 10 aromatic rings. The van der Waals surface area contributed by atoms with E-state index in [4.69, 9.17) is 19.4 Å². The molecule has 0 amide bonds. The maximum absolute atomic E-state index is 6.43. The minimum Gasteiger partial charge on any atom is -0.456 e. The Labute approximate surface area is 319 Å². The SMILES string of the molecule is c1ccc(-c2cccc(-c3cccc(-c4ccc5oc6cccc(-c7ccc(-c8nc(-c9ccccc9)nc(-c9ccccc9)n8)cc7)c6c5c4)c3)c2)cc1. The van der Waals surface area contributed by atoms with Crippen LogP contribution < -0.4 is 0 Å². The van der Waals surface area contributed by atoms with Crippen LogP contribution in [0.5, 0.6) is 0 Å². The fourth-order valence-corrected chi connectivity index (χ4v) is 7.37. The van der Waals surface area contributed by atoms with Crippen molar-refractivity contribution in [1.29, 1.82) is 0 Å².